The van der Waals surface area contributed by atoms with Crippen LogP contribution in [-0.4, -0.2) is 6.54 Å². The van der Waals surface area contributed by atoms with Crippen LogP contribution in [0.25, 0.3) is 10.1 Å². The maximum Gasteiger partial charge on any atom is 0.123 e. The van der Waals surface area contributed by atoms with Gasteiger partial charge in [-0.2, -0.15) is 0 Å². The number of thiophene rings is 1. The van der Waals surface area contributed by atoms with Crippen molar-refractivity contribution in [2.24, 2.45) is 0 Å². The van der Waals surface area contributed by atoms with Gasteiger partial charge in [-0.15, -0.1) is 23.7 Å². The molecule has 0 saturated heterocycles. The molecule has 1 N–H and O–H groups in total. The van der Waals surface area contributed by atoms with Crippen molar-refractivity contribution in [1.29, 1.82) is 0 Å². The fraction of sp³-hybridized carbons (Fsp3) is 0.273. The van der Waals surface area contributed by atoms with E-state index in [2.05, 4.69) is 5.32 Å². The van der Waals surface area contributed by atoms with Gasteiger partial charge in [0.15, 0.2) is 0 Å². The minimum atomic E-state index is -0.128. The van der Waals surface area contributed by atoms with E-state index in [4.69, 9.17) is 0 Å². The first-order chi connectivity index (χ1) is 6.84. The van der Waals surface area contributed by atoms with Gasteiger partial charge in [0.05, 0.1) is 0 Å². The van der Waals surface area contributed by atoms with Crippen LogP contribution in [0.3, 0.4) is 0 Å². The van der Waals surface area contributed by atoms with E-state index in [9.17, 15) is 4.39 Å². The maximum absolute atomic E-state index is 13.1. The molecule has 1 aliphatic rings. The summed E-state index contributed by atoms with van der Waals surface area (Å²) in [5.41, 5.74) is 1.35. The first kappa shape index (κ1) is 10.9. The number of benzene rings is 1. The number of hydrogen-bond donors (Lipinski definition) is 1. The predicted molar refractivity (Wildman–Crippen MR) is 64.4 cm³/mol. The molecule has 1 aliphatic heterocycles. The highest BCUT2D eigenvalue weighted by Crippen LogP contribution is 2.33. The molecular formula is C11H11ClFNS. The van der Waals surface area contributed by atoms with Gasteiger partial charge in [0.1, 0.15) is 5.82 Å². The van der Waals surface area contributed by atoms with Crippen molar-refractivity contribution in [2.45, 2.75) is 13.0 Å². The zero-order valence-corrected chi connectivity index (χ0v) is 9.68. The number of halogens is 2. The second kappa shape index (κ2) is 4.08. The van der Waals surface area contributed by atoms with Crippen molar-refractivity contribution >= 4 is 33.8 Å². The maximum atomic E-state index is 13.1. The van der Waals surface area contributed by atoms with Crippen LogP contribution in [0.1, 0.15) is 10.4 Å². The Balaban J connectivity index is 0.000000853. The molecule has 2 heterocycles. The molecule has 0 radical (unpaired) electrons. The summed E-state index contributed by atoms with van der Waals surface area (Å²) >= 11 is 1.78. The topological polar surface area (TPSA) is 12.0 Å². The Hall–Kier alpha value is -0.640. The lowest BCUT2D eigenvalue weighted by Crippen LogP contribution is -2.21. The Kier molecular flexibility index (Phi) is 2.96. The van der Waals surface area contributed by atoms with Gasteiger partial charge >= 0.3 is 0 Å². The van der Waals surface area contributed by atoms with Gasteiger partial charge in [0, 0.05) is 16.1 Å². The smallest absolute Gasteiger partial charge is 0.123 e. The minimum Gasteiger partial charge on any atom is -0.312 e. The van der Waals surface area contributed by atoms with Crippen LogP contribution in [0.4, 0.5) is 4.39 Å². The van der Waals surface area contributed by atoms with E-state index in [-0.39, 0.29) is 18.2 Å². The molecule has 1 aromatic carbocycles. The van der Waals surface area contributed by atoms with Gasteiger partial charge in [0.2, 0.25) is 0 Å². The molecule has 0 amide bonds. The first-order valence-corrected chi connectivity index (χ1v) is 5.57. The lowest BCUT2D eigenvalue weighted by atomic mass is 10.1. The molecule has 0 aliphatic carbocycles. The van der Waals surface area contributed by atoms with E-state index in [0.717, 1.165) is 24.9 Å². The largest absolute Gasteiger partial charge is 0.312 e. The summed E-state index contributed by atoms with van der Waals surface area (Å²) < 4.78 is 14.3. The Bertz CT molecular complexity index is 495. The average Bonchev–Trinajstić information content (AvgIpc) is 2.56. The standard InChI is InChI=1S/C11H10FNS.ClH/c12-7-1-2-10-9(5-7)8-3-4-13-6-11(8)14-10;/h1-2,5,13H,3-4,6H2;1H. The molecule has 2 aromatic rings. The van der Waals surface area contributed by atoms with Gasteiger partial charge in [0.25, 0.3) is 0 Å². The second-order valence-electron chi connectivity index (χ2n) is 3.57. The van der Waals surface area contributed by atoms with Crippen LogP contribution >= 0.6 is 23.7 Å². The third-order valence-electron chi connectivity index (χ3n) is 2.67. The highest BCUT2D eigenvalue weighted by Gasteiger charge is 2.15. The Labute approximate surface area is 97.7 Å². The number of rotatable bonds is 0. The fourth-order valence-corrected chi connectivity index (χ4v) is 3.21. The summed E-state index contributed by atoms with van der Waals surface area (Å²) in [7, 11) is 0. The third kappa shape index (κ3) is 1.75. The molecule has 3 rings (SSSR count). The molecule has 0 atom stereocenters. The first-order valence-electron chi connectivity index (χ1n) is 4.75. The van der Waals surface area contributed by atoms with Crippen LogP contribution < -0.4 is 5.32 Å². The lowest BCUT2D eigenvalue weighted by molar-refractivity contribution is 0.629. The van der Waals surface area contributed by atoms with Crippen molar-refractivity contribution in [3.63, 3.8) is 0 Å². The normalized spacial score (nSPS) is 14.7. The molecule has 4 heteroatoms. The number of fused-ring (bicyclic) bond motifs is 3. The Morgan fingerprint density at radius 3 is 3.07 bits per heavy atom. The van der Waals surface area contributed by atoms with E-state index in [1.165, 1.54) is 21.2 Å². The summed E-state index contributed by atoms with van der Waals surface area (Å²) in [6.07, 6.45) is 1.03. The van der Waals surface area contributed by atoms with E-state index < -0.39 is 0 Å². The molecular weight excluding hydrogens is 233 g/mol. The minimum absolute atomic E-state index is 0. The fourth-order valence-electron chi connectivity index (χ4n) is 2.00. The third-order valence-corrected chi connectivity index (χ3v) is 3.89. The average molecular weight is 244 g/mol. The van der Waals surface area contributed by atoms with Crippen LogP contribution in [0.5, 0.6) is 0 Å². The van der Waals surface area contributed by atoms with Crippen LogP contribution in [0.2, 0.25) is 0 Å². The molecule has 80 valence electrons. The molecule has 1 nitrogen and oxygen atoms in total. The van der Waals surface area contributed by atoms with Gasteiger partial charge < -0.3 is 5.32 Å². The highest BCUT2D eigenvalue weighted by atomic mass is 35.5. The summed E-state index contributed by atoms with van der Waals surface area (Å²) in [5, 5.41) is 4.45. The molecule has 15 heavy (non-hydrogen) atoms. The van der Waals surface area contributed by atoms with Gasteiger partial charge in [-0.1, -0.05) is 0 Å². The predicted octanol–water partition coefficient (Wildman–Crippen LogP) is 3.11. The molecule has 0 saturated carbocycles. The van der Waals surface area contributed by atoms with Crippen LogP contribution in [0, 0.1) is 5.82 Å². The molecule has 0 spiro atoms. The Morgan fingerprint density at radius 2 is 2.20 bits per heavy atom. The van der Waals surface area contributed by atoms with Gasteiger partial charge in [-0.25, -0.2) is 4.39 Å². The number of nitrogens with one attached hydrogen (secondary N) is 1. The highest BCUT2D eigenvalue weighted by molar-refractivity contribution is 7.19. The van der Waals surface area contributed by atoms with E-state index >= 15 is 0 Å². The van der Waals surface area contributed by atoms with Gasteiger partial charge in [-0.05, 0) is 42.1 Å². The lowest BCUT2D eigenvalue weighted by Gasteiger charge is -2.12. The molecule has 0 fully saturated rings. The van der Waals surface area contributed by atoms with Crippen molar-refractivity contribution < 1.29 is 4.39 Å². The summed E-state index contributed by atoms with van der Waals surface area (Å²) in [6, 6.07) is 5.08. The monoisotopic (exact) mass is 243 g/mol. The summed E-state index contributed by atoms with van der Waals surface area (Å²) in [4.78, 5) is 1.37. The van der Waals surface area contributed by atoms with Crippen molar-refractivity contribution in [3.05, 3.63) is 34.5 Å². The van der Waals surface area contributed by atoms with Crippen LogP contribution in [-0.2, 0) is 13.0 Å². The van der Waals surface area contributed by atoms with Crippen molar-refractivity contribution in [3.8, 4) is 0 Å². The van der Waals surface area contributed by atoms with E-state index in [0.29, 0.717) is 0 Å². The number of hydrogen-bond acceptors (Lipinski definition) is 2. The summed E-state index contributed by atoms with van der Waals surface area (Å²) in [5.74, 6) is -0.128. The van der Waals surface area contributed by atoms with E-state index in [1.807, 2.05) is 6.07 Å². The van der Waals surface area contributed by atoms with Crippen LogP contribution in [0.15, 0.2) is 18.2 Å². The zero-order valence-electron chi connectivity index (χ0n) is 8.05. The quantitative estimate of drug-likeness (QED) is 0.750. The Morgan fingerprint density at radius 1 is 1.33 bits per heavy atom. The van der Waals surface area contributed by atoms with E-state index in [1.54, 1.807) is 17.4 Å². The molecule has 0 unspecified atom stereocenters. The van der Waals surface area contributed by atoms with Crippen molar-refractivity contribution in [1.82, 2.24) is 5.32 Å². The molecule has 0 bridgehead atoms. The SMILES string of the molecule is Cl.Fc1ccc2sc3c(c2c1)CCNC3. The van der Waals surface area contributed by atoms with Gasteiger partial charge in [-0.3, -0.25) is 0 Å². The molecule has 1 aromatic heterocycles. The second-order valence-corrected chi connectivity index (χ2v) is 4.71. The summed E-state index contributed by atoms with van der Waals surface area (Å²) in [6.45, 7) is 1.95. The zero-order chi connectivity index (χ0) is 9.54. The van der Waals surface area contributed by atoms with Crippen molar-refractivity contribution in [2.75, 3.05) is 6.54 Å².